The lowest BCUT2D eigenvalue weighted by molar-refractivity contribution is -0.120. The number of benzene rings is 2. The molecule has 0 radical (unpaired) electrons. The first-order valence-electron chi connectivity index (χ1n) is 8.87. The van der Waals surface area contributed by atoms with Gasteiger partial charge in [0.15, 0.2) is 4.34 Å². The van der Waals surface area contributed by atoms with Crippen LogP contribution in [-0.2, 0) is 11.3 Å². The molecule has 4 rings (SSSR count). The van der Waals surface area contributed by atoms with Crippen LogP contribution in [0.5, 0.6) is 0 Å². The van der Waals surface area contributed by atoms with Gasteiger partial charge in [-0.15, -0.1) is 11.3 Å². The molecule has 138 valence electrons. The second-order valence-electron chi connectivity index (χ2n) is 6.20. The van der Waals surface area contributed by atoms with E-state index in [1.54, 1.807) is 23.1 Å². The molecule has 0 fully saturated rings. The number of carbonyl (C=O) groups is 1. The normalized spacial score (nSPS) is 11.3. The van der Waals surface area contributed by atoms with Crippen LogP contribution in [0.25, 0.3) is 21.3 Å². The number of nitrogens with one attached hydrogen (secondary N) is 1. The lowest BCUT2D eigenvalue weighted by Gasteiger charge is -2.08. The van der Waals surface area contributed by atoms with Crippen LogP contribution in [0.4, 0.5) is 0 Å². The van der Waals surface area contributed by atoms with Crippen LogP contribution in [0.15, 0.2) is 52.9 Å². The van der Waals surface area contributed by atoms with E-state index in [2.05, 4.69) is 32.0 Å². The Morgan fingerprint density at radius 2 is 1.89 bits per heavy atom. The smallest absolute Gasteiger partial charge is 0.220 e. The zero-order valence-electron chi connectivity index (χ0n) is 15.0. The van der Waals surface area contributed by atoms with Crippen LogP contribution in [0.3, 0.4) is 0 Å². The molecule has 0 atom stereocenters. The number of aryl methyl sites for hydroxylation is 1. The molecule has 2 aromatic heterocycles. The average molecular weight is 397 g/mol. The molecule has 0 aliphatic heterocycles. The Bertz CT molecular complexity index is 1050. The highest BCUT2D eigenvalue weighted by atomic mass is 32.2. The third kappa shape index (κ3) is 4.14. The number of carbonyl (C=O) groups excluding carboxylic acids is 1. The number of fused-ring (bicyclic) bond motifs is 2. The van der Waals surface area contributed by atoms with Crippen molar-refractivity contribution in [3.8, 4) is 0 Å². The van der Waals surface area contributed by atoms with Crippen LogP contribution in [0.2, 0.25) is 0 Å². The van der Waals surface area contributed by atoms with Gasteiger partial charge < -0.3 is 9.88 Å². The first-order valence-corrected chi connectivity index (χ1v) is 10.7. The fraction of sp³-hybridized carbons (Fsp3) is 0.250. The quantitative estimate of drug-likeness (QED) is 0.474. The number of imidazole rings is 1. The third-order valence-corrected chi connectivity index (χ3v) is 6.51. The van der Waals surface area contributed by atoms with Crippen molar-refractivity contribution in [3.63, 3.8) is 0 Å². The Kier molecular flexibility index (Phi) is 5.40. The minimum atomic E-state index is 0.0747. The van der Waals surface area contributed by atoms with Crippen molar-refractivity contribution >= 4 is 50.3 Å². The molecule has 7 heteroatoms. The van der Waals surface area contributed by atoms with Crippen LogP contribution in [0, 0.1) is 6.92 Å². The summed E-state index contributed by atoms with van der Waals surface area (Å²) in [6.07, 6.45) is 0.490. The van der Waals surface area contributed by atoms with Crippen molar-refractivity contribution in [2.75, 3.05) is 12.3 Å². The molecule has 0 unspecified atom stereocenters. The van der Waals surface area contributed by atoms with E-state index in [1.165, 1.54) is 4.70 Å². The summed E-state index contributed by atoms with van der Waals surface area (Å²) in [5.74, 6) is 1.78. The average Bonchev–Trinajstić information content (AvgIpc) is 3.22. The van der Waals surface area contributed by atoms with Crippen molar-refractivity contribution in [2.24, 2.45) is 0 Å². The summed E-state index contributed by atoms with van der Waals surface area (Å²) in [4.78, 5) is 21.3. The van der Waals surface area contributed by atoms with Gasteiger partial charge in [0, 0.05) is 25.3 Å². The molecule has 0 bridgehead atoms. The first kappa shape index (κ1) is 18.0. The predicted molar refractivity (Wildman–Crippen MR) is 112 cm³/mol. The van der Waals surface area contributed by atoms with E-state index in [0.717, 1.165) is 39.0 Å². The first-order chi connectivity index (χ1) is 13.2. The number of thioether (sulfide) groups is 1. The number of hydrogen-bond donors (Lipinski definition) is 1. The number of aromatic nitrogens is 3. The van der Waals surface area contributed by atoms with Gasteiger partial charge in [0.25, 0.3) is 0 Å². The summed E-state index contributed by atoms with van der Waals surface area (Å²) in [6.45, 7) is 3.32. The Morgan fingerprint density at radius 3 is 2.74 bits per heavy atom. The predicted octanol–water partition coefficient (Wildman–Crippen LogP) is 4.25. The molecule has 27 heavy (non-hydrogen) atoms. The van der Waals surface area contributed by atoms with Crippen molar-refractivity contribution in [1.29, 1.82) is 0 Å². The van der Waals surface area contributed by atoms with Gasteiger partial charge in [-0.25, -0.2) is 9.97 Å². The lowest BCUT2D eigenvalue weighted by atomic mass is 10.3. The SMILES string of the molecule is Cc1nc2ccccc2n1CCNC(=O)CCSc1nc2ccccc2s1. The van der Waals surface area contributed by atoms with E-state index >= 15 is 0 Å². The molecule has 2 heterocycles. The maximum absolute atomic E-state index is 12.1. The number of rotatable bonds is 7. The minimum Gasteiger partial charge on any atom is -0.354 e. The van der Waals surface area contributed by atoms with Gasteiger partial charge in [0.05, 0.1) is 21.3 Å². The summed E-state index contributed by atoms with van der Waals surface area (Å²) in [5, 5.41) is 3.01. The second-order valence-corrected chi connectivity index (χ2v) is 8.57. The van der Waals surface area contributed by atoms with E-state index in [4.69, 9.17) is 0 Å². The fourth-order valence-electron chi connectivity index (χ4n) is 3.02. The molecular formula is C20H20N4OS2. The monoisotopic (exact) mass is 396 g/mol. The second kappa shape index (κ2) is 8.10. The number of nitrogens with zero attached hydrogens (tertiary/aromatic N) is 3. The van der Waals surface area contributed by atoms with Crippen LogP contribution in [0.1, 0.15) is 12.2 Å². The minimum absolute atomic E-state index is 0.0747. The lowest BCUT2D eigenvalue weighted by Crippen LogP contribution is -2.27. The Hall–Kier alpha value is -2.38. The fourth-order valence-corrected chi connectivity index (χ4v) is 5.09. The Balaban J connectivity index is 1.24. The highest BCUT2D eigenvalue weighted by Gasteiger charge is 2.08. The van der Waals surface area contributed by atoms with E-state index in [1.807, 2.05) is 43.3 Å². The molecular weight excluding hydrogens is 376 g/mol. The van der Waals surface area contributed by atoms with E-state index in [-0.39, 0.29) is 5.91 Å². The molecule has 4 aromatic rings. The van der Waals surface area contributed by atoms with E-state index in [9.17, 15) is 4.79 Å². The number of hydrogen-bond acceptors (Lipinski definition) is 5. The van der Waals surface area contributed by atoms with Gasteiger partial charge in [0.2, 0.25) is 5.91 Å². The number of amides is 1. The highest BCUT2D eigenvalue weighted by molar-refractivity contribution is 8.01. The summed E-state index contributed by atoms with van der Waals surface area (Å²) in [7, 11) is 0. The summed E-state index contributed by atoms with van der Waals surface area (Å²) in [5.41, 5.74) is 3.13. The standard InChI is InChI=1S/C20H20N4OS2/c1-14-22-15-6-2-4-8-17(15)24(14)12-11-21-19(25)10-13-26-20-23-16-7-3-5-9-18(16)27-20/h2-9H,10-13H2,1H3,(H,21,25). The molecule has 1 N–H and O–H groups in total. The molecule has 1 amide bonds. The van der Waals surface area contributed by atoms with E-state index < -0.39 is 0 Å². The van der Waals surface area contributed by atoms with Gasteiger partial charge in [-0.05, 0) is 31.2 Å². The van der Waals surface area contributed by atoms with Crippen LogP contribution in [-0.4, -0.2) is 32.7 Å². The maximum Gasteiger partial charge on any atom is 0.220 e. The maximum atomic E-state index is 12.1. The van der Waals surface area contributed by atoms with Gasteiger partial charge in [0.1, 0.15) is 5.82 Å². The zero-order valence-corrected chi connectivity index (χ0v) is 16.6. The van der Waals surface area contributed by atoms with Gasteiger partial charge in [-0.3, -0.25) is 4.79 Å². The Morgan fingerprint density at radius 1 is 1.11 bits per heavy atom. The topological polar surface area (TPSA) is 59.8 Å². The largest absolute Gasteiger partial charge is 0.354 e. The Labute approximate surface area is 165 Å². The van der Waals surface area contributed by atoms with Crippen LogP contribution >= 0.6 is 23.1 Å². The molecule has 0 spiro atoms. The molecule has 0 saturated carbocycles. The molecule has 0 saturated heterocycles. The van der Waals surface area contributed by atoms with E-state index in [0.29, 0.717) is 13.0 Å². The molecule has 5 nitrogen and oxygen atoms in total. The summed E-state index contributed by atoms with van der Waals surface area (Å²) < 4.78 is 4.35. The number of para-hydroxylation sites is 3. The summed E-state index contributed by atoms with van der Waals surface area (Å²) >= 11 is 3.32. The van der Waals surface area contributed by atoms with Gasteiger partial charge in [-0.2, -0.15) is 0 Å². The van der Waals surface area contributed by atoms with Gasteiger partial charge in [-0.1, -0.05) is 36.0 Å². The van der Waals surface area contributed by atoms with Gasteiger partial charge >= 0.3 is 0 Å². The molecule has 0 aliphatic carbocycles. The van der Waals surface area contributed by atoms with Crippen molar-refractivity contribution in [3.05, 3.63) is 54.4 Å². The zero-order chi connectivity index (χ0) is 18.6. The van der Waals surface area contributed by atoms with Crippen molar-refractivity contribution < 1.29 is 4.79 Å². The molecule has 2 aromatic carbocycles. The molecule has 0 aliphatic rings. The number of thiazole rings is 1. The highest BCUT2D eigenvalue weighted by Crippen LogP contribution is 2.29. The van der Waals surface area contributed by atoms with Crippen LogP contribution < -0.4 is 5.32 Å². The van der Waals surface area contributed by atoms with Crippen molar-refractivity contribution in [2.45, 2.75) is 24.2 Å². The third-order valence-electron chi connectivity index (χ3n) is 4.33. The van der Waals surface area contributed by atoms with Crippen molar-refractivity contribution in [1.82, 2.24) is 19.9 Å². The summed E-state index contributed by atoms with van der Waals surface area (Å²) in [6, 6.07) is 16.2.